The molecule has 0 saturated heterocycles. The lowest BCUT2D eigenvalue weighted by atomic mass is 10.0. The van der Waals surface area contributed by atoms with Crippen LogP contribution in [-0.2, 0) is 19.4 Å². The van der Waals surface area contributed by atoms with Gasteiger partial charge in [-0.3, -0.25) is 18.8 Å². The Morgan fingerprint density at radius 2 is 1.36 bits per heavy atom. The molecule has 0 heterocycles. The molecule has 0 saturated carbocycles. The lowest BCUT2D eigenvalue weighted by molar-refractivity contribution is 1.02. The maximum absolute atomic E-state index is 3.56. The number of anilines is 1. The minimum atomic E-state index is 0. The summed E-state index contributed by atoms with van der Waals surface area (Å²) in [5, 5.41) is 3.56. The molecule has 0 spiro atoms. The Bertz CT molecular complexity index is 503. The van der Waals surface area contributed by atoms with E-state index in [4.69, 9.17) is 0 Å². The summed E-state index contributed by atoms with van der Waals surface area (Å²) in [6, 6.07) is 17.1. The van der Waals surface area contributed by atoms with Crippen molar-refractivity contribution in [3.8, 4) is 0 Å². The van der Waals surface area contributed by atoms with E-state index in [2.05, 4.69) is 67.7 Å². The highest BCUT2D eigenvalue weighted by Crippen LogP contribution is 2.21. The molecule has 0 bridgehead atoms. The van der Waals surface area contributed by atoms with Crippen LogP contribution >= 0.6 is 0 Å². The second kappa shape index (κ2) is 12.7. The lowest BCUT2D eigenvalue weighted by Gasteiger charge is -2.14. The molecule has 5 heteroatoms. The van der Waals surface area contributed by atoms with Crippen molar-refractivity contribution >= 4 is 5.69 Å². The molecule has 0 aromatic heterocycles. The van der Waals surface area contributed by atoms with Gasteiger partial charge in [-0.15, -0.1) is 0 Å². The summed E-state index contributed by atoms with van der Waals surface area (Å²) in [6.45, 7) is 5.33. The molecule has 0 atom stereocenters. The molecule has 0 aliphatic carbocycles. The number of hydrogen-bond acceptors (Lipinski definition) is 1. The van der Waals surface area contributed by atoms with Crippen molar-refractivity contribution in [2.45, 2.75) is 33.2 Å². The first kappa shape index (κ1) is 24.9. The molecule has 126 valence electrons. The molecule has 1 N–H and O–H groups in total. The van der Waals surface area contributed by atoms with Crippen molar-refractivity contribution in [3.63, 3.8) is 0 Å². The molecule has 0 aliphatic rings. The van der Waals surface area contributed by atoms with Crippen LogP contribution in [0.15, 0.2) is 48.5 Å². The van der Waals surface area contributed by atoms with E-state index in [1.807, 2.05) is 0 Å². The Kier molecular flexibility index (Phi) is 14.4. The van der Waals surface area contributed by atoms with Crippen LogP contribution in [0.3, 0.4) is 0 Å². The molecule has 0 amide bonds. The third kappa shape index (κ3) is 6.16. The fourth-order valence-electron chi connectivity index (χ4n) is 2.34. The topological polar surface area (TPSA) is 12.0 Å². The number of hydrogen-bond donors (Lipinski definition) is 1. The van der Waals surface area contributed by atoms with E-state index >= 15 is 0 Å². The van der Waals surface area contributed by atoms with Crippen molar-refractivity contribution in [2.75, 3.05) is 5.32 Å². The minimum absolute atomic E-state index is 0. The van der Waals surface area contributed by atoms with Crippen molar-refractivity contribution < 1.29 is 18.8 Å². The molecule has 0 aliphatic heterocycles. The van der Waals surface area contributed by atoms with Crippen LogP contribution in [0, 0.1) is 0 Å². The Labute approximate surface area is 129 Å². The summed E-state index contributed by atoms with van der Waals surface area (Å²) < 4.78 is 0. The molecule has 2 aromatic rings. The van der Waals surface area contributed by atoms with Gasteiger partial charge in [-0.1, -0.05) is 56.3 Å². The average Bonchev–Trinajstić information content (AvgIpc) is 2.45. The summed E-state index contributed by atoms with van der Waals surface area (Å²) in [4.78, 5) is 0. The van der Waals surface area contributed by atoms with E-state index < -0.39 is 0 Å². The number of benzene rings is 2. The SMILES string of the molecule is CCc1cccc(NCc2ccccc2)c1CC.F.F.F.F. The van der Waals surface area contributed by atoms with Crippen LogP contribution in [0.4, 0.5) is 24.5 Å². The molecule has 2 aromatic carbocycles. The van der Waals surface area contributed by atoms with Crippen LogP contribution < -0.4 is 5.32 Å². The number of halogens is 4. The zero-order valence-electron chi connectivity index (χ0n) is 12.9. The molecule has 0 unspecified atom stereocenters. The smallest absolute Gasteiger partial charge is 0.0400 e. The number of nitrogens with one attached hydrogen (secondary N) is 1. The van der Waals surface area contributed by atoms with Crippen molar-refractivity contribution in [2.24, 2.45) is 0 Å². The zero-order chi connectivity index (χ0) is 12.8. The first-order chi connectivity index (χ1) is 8.85. The molecule has 22 heavy (non-hydrogen) atoms. The van der Waals surface area contributed by atoms with Gasteiger partial charge in [0.25, 0.3) is 0 Å². The van der Waals surface area contributed by atoms with Crippen LogP contribution in [-0.4, -0.2) is 0 Å². The van der Waals surface area contributed by atoms with Gasteiger partial charge >= 0.3 is 0 Å². The van der Waals surface area contributed by atoms with Crippen molar-refractivity contribution in [1.29, 1.82) is 0 Å². The molecule has 0 radical (unpaired) electrons. The number of aryl methyl sites for hydroxylation is 1. The fraction of sp³-hybridized carbons (Fsp3) is 0.294. The molecule has 2 rings (SSSR count). The predicted molar refractivity (Wildman–Crippen MR) is 89.0 cm³/mol. The predicted octanol–water partition coefficient (Wildman–Crippen LogP) is 5.03. The molecule has 1 nitrogen and oxygen atoms in total. The summed E-state index contributed by atoms with van der Waals surface area (Å²) in [6.07, 6.45) is 2.19. The summed E-state index contributed by atoms with van der Waals surface area (Å²) in [5.41, 5.74) is 5.51. The summed E-state index contributed by atoms with van der Waals surface area (Å²) in [7, 11) is 0. The monoisotopic (exact) mass is 319 g/mol. The average molecular weight is 319 g/mol. The maximum Gasteiger partial charge on any atom is 0.0400 e. The first-order valence-corrected chi connectivity index (χ1v) is 6.73. The summed E-state index contributed by atoms with van der Waals surface area (Å²) >= 11 is 0. The highest BCUT2D eigenvalue weighted by molar-refractivity contribution is 5.55. The van der Waals surface area contributed by atoms with E-state index in [9.17, 15) is 0 Å². The largest absolute Gasteiger partial charge is 0.381 e. The Morgan fingerprint density at radius 1 is 0.727 bits per heavy atom. The Hall–Kier alpha value is -2.04. The van der Waals surface area contributed by atoms with Crippen LogP contribution in [0.2, 0.25) is 0 Å². The van der Waals surface area contributed by atoms with Gasteiger partial charge in [0.2, 0.25) is 0 Å². The minimum Gasteiger partial charge on any atom is -0.381 e. The van der Waals surface area contributed by atoms with Gasteiger partial charge in [0.15, 0.2) is 0 Å². The van der Waals surface area contributed by atoms with Crippen LogP contribution in [0.1, 0.15) is 30.5 Å². The van der Waals surface area contributed by atoms with Gasteiger partial charge in [-0.25, -0.2) is 0 Å². The Balaban J connectivity index is -0.000000902. The summed E-state index contributed by atoms with van der Waals surface area (Å²) in [5.74, 6) is 0. The quantitative estimate of drug-likeness (QED) is 0.762. The second-order valence-corrected chi connectivity index (χ2v) is 4.49. The van der Waals surface area contributed by atoms with Gasteiger partial charge in [0.1, 0.15) is 0 Å². The van der Waals surface area contributed by atoms with E-state index in [0.29, 0.717) is 0 Å². The van der Waals surface area contributed by atoms with Crippen LogP contribution in [0.25, 0.3) is 0 Å². The fourth-order valence-corrected chi connectivity index (χ4v) is 2.34. The Morgan fingerprint density at radius 3 is 1.91 bits per heavy atom. The first-order valence-electron chi connectivity index (χ1n) is 6.73. The normalized spacial score (nSPS) is 8.45. The van der Waals surface area contributed by atoms with Gasteiger partial charge in [0, 0.05) is 12.2 Å². The third-order valence-corrected chi connectivity index (χ3v) is 3.33. The highest BCUT2D eigenvalue weighted by atomic mass is 19.0. The van der Waals surface area contributed by atoms with E-state index in [0.717, 1.165) is 19.4 Å². The lowest BCUT2D eigenvalue weighted by Crippen LogP contribution is -2.04. The van der Waals surface area contributed by atoms with E-state index in [1.165, 1.54) is 22.4 Å². The van der Waals surface area contributed by atoms with Gasteiger partial charge in [-0.2, -0.15) is 0 Å². The standard InChI is InChI=1S/C17H21N.4FH/c1-3-15-11-8-12-17(16(15)4-2)18-13-14-9-6-5-7-10-14;;;;/h5-12,18H,3-4,13H2,1-2H3;4*1H. The molecular formula is C17H25F4N. The zero-order valence-corrected chi connectivity index (χ0v) is 12.9. The van der Waals surface area contributed by atoms with E-state index in [1.54, 1.807) is 0 Å². The van der Waals surface area contributed by atoms with E-state index in [-0.39, 0.29) is 18.8 Å². The molecular weight excluding hydrogens is 294 g/mol. The molecule has 0 fully saturated rings. The van der Waals surface area contributed by atoms with Crippen molar-refractivity contribution in [3.05, 3.63) is 65.2 Å². The number of rotatable bonds is 5. The maximum atomic E-state index is 3.56. The van der Waals surface area contributed by atoms with Gasteiger partial charge in [-0.05, 0) is 35.6 Å². The van der Waals surface area contributed by atoms with Gasteiger partial charge < -0.3 is 5.32 Å². The highest BCUT2D eigenvalue weighted by Gasteiger charge is 2.04. The van der Waals surface area contributed by atoms with Crippen LogP contribution in [0.5, 0.6) is 0 Å². The van der Waals surface area contributed by atoms with Crippen molar-refractivity contribution in [1.82, 2.24) is 0 Å². The third-order valence-electron chi connectivity index (χ3n) is 3.33. The van der Waals surface area contributed by atoms with Gasteiger partial charge in [0.05, 0.1) is 0 Å². The second-order valence-electron chi connectivity index (χ2n) is 4.49.